The second-order valence-electron chi connectivity index (χ2n) is 6.12. The van der Waals surface area contributed by atoms with Crippen LogP contribution >= 0.6 is 0 Å². The lowest BCUT2D eigenvalue weighted by molar-refractivity contribution is 0.238. The second-order valence-corrected chi connectivity index (χ2v) is 6.12. The van der Waals surface area contributed by atoms with Crippen LogP contribution in [0.15, 0.2) is 18.5 Å². The maximum Gasteiger partial charge on any atom is 0.314 e. The predicted molar refractivity (Wildman–Crippen MR) is 89.2 cm³/mol. The molecule has 23 heavy (non-hydrogen) atoms. The molecule has 2 rings (SSSR count). The van der Waals surface area contributed by atoms with E-state index < -0.39 is 0 Å². The minimum atomic E-state index is -0.130. The summed E-state index contributed by atoms with van der Waals surface area (Å²) in [7, 11) is 1.88. The smallest absolute Gasteiger partial charge is 0.314 e. The van der Waals surface area contributed by atoms with E-state index in [1.54, 1.807) is 4.68 Å². The SMILES string of the molecule is Cc1cc(C)n(C[C@@H](C)CNC(=O)NCCc2cnn(C)c2)n1. The van der Waals surface area contributed by atoms with Gasteiger partial charge in [0.05, 0.1) is 11.9 Å². The predicted octanol–water partition coefficient (Wildman–Crippen LogP) is 1.41. The summed E-state index contributed by atoms with van der Waals surface area (Å²) in [4.78, 5) is 11.8. The standard InChI is InChI=1S/C16H26N6O/c1-12(10-22-14(3)7-13(2)20-22)8-18-16(23)17-6-5-15-9-19-21(4)11-15/h7,9,11-12H,5-6,8,10H2,1-4H3,(H2,17,18,23)/t12-/m0/s1. The maximum atomic E-state index is 11.8. The van der Waals surface area contributed by atoms with E-state index in [9.17, 15) is 4.79 Å². The van der Waals surface area contributed by atoms with Crippen molar-refractivity contribution in [3.8, 4) is 0 Å². The van der Waals surface area contributed by atoms with Crippen LogP contribution in [0.25, 0.3) is 0 Å². The molecule has 126 valence electrons. The summed E-state index contributed by atoms with van der Waals surface area (Å²) in [5, 5.41) is 14.3. The molecule has 2 heterocycles. The third-order valence-corrected chi connectivity index (χ3v) is 3.66. The van der Waals surface area contributed by atoms with Gasteiger partial charge in [0.25, 0.3) is 0 Å². The van der Waals surface area contributed by atoms with Gasteiger partial charge in [-0.1, -0.05) is 6.92 Å². The Bertz CT molecular complexity index is 645. The zero-order chi connectivity index (χ0) is 16.8. The van der Waals surface area contributed by atoms with Crippen molar-refractivity contribution in [1.82, 2.24) is 30.2 Å². The summed E-state index contributed by atoms with van der Waals surface area (Å²) in [6.07, 6.45) is 4.55. The Morgan fingerprint density at radius 2 is 2.13 bits per heavy atom. The number of aryl methyl sites for hydroxylation is 3. The summed E-state index contributed by atoms with van der Waals surface area (Å²) in [5.41, 5.74) is 3.29. The molecule has 0 aliphatic rings. The largest absolute Gasteiger partial charge is 0.338 e. The van der Waals surface area contributed by atoms with E-state index in [2.05, 4.69) is 33.8 Å². The first-order chi connectivity index (χ1) is 10.9. The molecule has 0 saturated heterocycles. The van der Waals surface area contributed by atoms with Crippen LogP contribution in [0.2, 0.25) is 0 Å². The van der Waals surface area contributed by atoms with Gasteiger partial charge in [0.15, 0.2) is 0 Å². The van der Waals surface area contributed by atoms with E-state index in [-0.39, 0.29) is 6.03 Å². The fourth-order valence-corrected chi connectivity index (χ4v) is 2.47. The van der Waals surface area contributed by atoms with Crippen LogP contribution in [-0.4, -0.2) is 38.7 Å². The molecule has 2 aromatic heterocycles. The van der Waals surface area contributed by atoms with Crippen molar-refractivity contribution < 1.29 is 4.79 Å². The monoisotopic (exact) mass is 318 g/mol. The Kier molecular flexibility index (Phi) is 5.78. The molecule has 0 aliphatic heterocycles. The second kappa shape index (κ2) is 7.80. The van der Waals surface area contributed by atoms with Crippen LogP contribution in [0.4, 0.5) is 4.79 Å². The number of nitrogens with one attached hydrogen (secondary N) is 2. The first kappa shape index (κ1) is 17.1. The highest BCUT2D eigenvalue weighted by Crippen LogP contribution is 2.05. The van der Waals surface area contributed by atoms with Crippen LogP contribution in [0.5, 0.6) is 0 Å². The topological polar surface area (TPSA) is 76.8 Å². The molecule has 0 saturated carbocycles. The number of nitrogens with zero attached hydrogens (tertiary/aromatic N) is 4. The lowest BCUT2D eigenvalue weighted by atomic mass is 10.2. The number of hydrogen-bond donors (Lipinski definition) is 2. The Morgan fingerprint density at radius 3 is 2.74 bits per heavy atom. The quantitative estimate of drug-likeness (QED) is 0.810. The summed E-state index contributed by atoms with van der Waals surface area (Å²) < 4.78 is 3.75. The Labute approximate surface area is 137 Å². The lowest BCUT2D eigenvalue weighted by Gasteiger charge is -2.14. The number of carbonyl (C=O) groups excluding carboxylic acids is 1. The zero-order valence-electron chi connectivity index (χ0n) is 14.3. The van der Waals surface area contributed by atoms with Gasteiger partial charge < -0.3 is 10.6 Å². The lowest BCUT2D eigenvalue weighted by Crippen LogP contribution is -2.39. The molecule has 0 bridgehead atoms. The zero-order valence-corrected chi connectivity index (χ0v) is 14.3. The van der Waals surface area contributed by atoms with E-state index in [1.807, 2.05) is 38.0 Å². The van der Waals surface area contributed by atoms with Gasteiger partial charge in [0.1, 0.15) is 0 Å². The van der Waals surface area contributed by atoms with Gasteiger partial charge in [-0.05, 0) is 37.8 Å². The Hall–Kier alpha value is -2.31. The molecular formula is C16H26N6O. The number of carbonyl (C=O) groups is 1. The van der Waals surface area contributed by atoms with Crippen molar-refractivity contribution in [2.24, 2.45) is 13.0 Å². The molecule has 7 heteroatoms. The van der Waals surface area contributed by atoms with Gasteiger partial charge in [-0.3, -0.25) is 9.36 Å². The minimum absolute atomic E-state index is 0.130. The number of rotatable bonds is 7. The summed E-state index contributed by atoms with van der Waals surface area (Å²) in [5.74, 6) is 0.317. The van der Waals surface area contributed by atoms with Gasteiger partial charge >= 0.3 is 6.03 Å². The highest BCUT2D eigenvalue weighted by molar-refractivity contribution is 5.73. The van der Waals surface area contributed by atoms with E-state index >= 15 is 0 Å². The molecule has 2 aromatic rings. The van der Waals surface area contributed by atoms with E-state index in [0.29, 0.717) is 19.0 Å². The average molecular weight is 318 g/mol. The molecule has 7 nitrogen and oxygen atoms in total. The molecule has 0 unspecified atom stereocenters. The van der Waals surface area contributed by atoms with E-state index in [0.717, 1.165) is 29.9 Å². The summed E-state index contributed by atoms with van der Waals surface area (Å²) in [6, 6.07) is 1.93. The fraction of sp³-hybridized carbons (Fsp3) is 0.562. The van der Waals surface area contributed by atoms with Gasteiger partial charge in [-0.15, -0.1) is 0 Å². The highest BCUT2D eigenvalue weighted by atomic mass is 16.2. The van der Waals surface area contributed by atoms with Crippen LogP contribution in [0, 0.1) is 19.8 Å². The van der Waals surface area contributed by atoms with Crippen LogP contribution in [0.3, 0.4) is 0 Å². The van der Waals surface area contributed by atoms with Crippen molar-refractivity contribution in [1.29, 1.82) is 0 Å². The van der Waals surface area contributed by atoms with Crippen molar-refractivity contribution in [2.75, 3.05) is 13.1 Å². The average Bonchev–Trinajstić information content (AvgIpc) is 3.02. The first-order valence-corrected chi connectivity index (χ1v) is 7.94. The van der Waals surface area contributed by atoms with Crippen molar-refractivity contribution in [3.05, 3.63) is 35.4 Å². The summed E-state index contributed by atoms with van der Waals surface area (Å²) >= 11 is 0. The van der Waals surface area contributed by atoms with Gasteiger partial charge in [0.2, 0.25) is 0 Å². The highest BCUT2D eigenvalue weighted by Gasteiger charge is 2.09. The number of amides is 2. The molecule has 0 fully saturated rings. The Balaban J connectivity index is 1.64. The number of urea groups is 1. The third-order valence-electron chi connectivity index (χ3n) is 3.66. The van der Waals surface area contributed by atoms with Gasteiger partial charge in [-0.2, -0.15) is 10.2 Å². The first-order valence-electron chi connectivity index (χ1n) is 7.94. The molecule has 2 amide bonds. The molecular weight excluding hydrogens is 292 g/mol. The summed E-state index contributed by atoms with van der Waals surface area (Å²) in [6.45, 7) is 8.16. The van der Waals surface area contributed by atoms with Crippen LogP contribution in [0.1, 0.15) is 23.9 Å². The molecule has 0 aromatic carbocycles. The third kappa shape index (κ3) is 5.43. The van der Waals surface area contributed by atoms with Crippen LogP contribution < -0.4 is 10.6 Å². The van der Waals surface area contributed by atoms with Crippen molar-refractivity contribution >= 4 is 6.03 Å². The molecule has 0 spiro atoms. The maximum absolute atomic E-state index is 11.8. The van der Waals surface area contributed by atoms with E-state index in [1.165, 1.54) is 0 Å². The fourth-order valence-electron chi connectivity index (χ4n) is 2.47. The van der Waals surface area contributed by atoms with Crippen molar-refractivity contribution in [3.63, 3.8) is 0 Å². The van der Waals surface area contributed by atoms with E-state index in [4.69, 9.17) is 0 Å². The number of aromatic nitrogens is 4. The molecule has 0 radical (unpaired) electrons. The molecule has 0 aliphatic carbocycles. The molecule has 2 N–H and O–H groups in total. The number of hydrogen-bond acceptors (Lipinski definition) is 3. The molecule has 1 atom stereocenters. The van der Waals surface area contributed by atoms with Crippen molar-refractivity contribution in [2.45, 2.75) is 33.7 Å². The van der Waals surface area contributed by atoms with Gasteiger partial charge in [-0.25, -0.2) is 4.79 Å². The Morgan fingerprint density at radius 1 is 1.35 bits per heavy atom. The normalized spacial score (nSPS) is 12.2. The minimum Gasteiger partial charge on any atom is -0.338 e. The van der Waals surface area contributed by atoms with Gasteiger partial charge in [0, 0.05) is 38.6 Å². The van der Waals surface area contributed by atoms with Crippen LogP contribution in [-0.2, 0) is 20.0 Å².